The molecule has 2 aliphatic heterocycles. The summed E-state index contributed by atoms with van der Waals surface area (Å²) >= 11 is 0. The van der Waals surface area contributed by atoms with E-state index < -0.39 is 0 Å². The van der Waals surface area contributed by atoms with Crippen LogP contribution in [0.1, 0.15) is 25.3 Å². The van der Waals surface area contributed by atoms with Gasteiger partial charge in [-0.05, 0) is 18.4 Å². The van der Waals surface area contributed by atoms with E-state index in [1.807, 2.05) is 19.3 Å². The van der Waals surface area contributed by atoms with Gasteiger partial charge in [0.05, 0.1) is 6.61 Å². The Kier molecular flexibility index (Phi) is 6.28. The van der Waals surface area contributed by atoms with E-state index in [1.165, 1.54) is 6.42 Å². The van der Waals surface area contributed by atoms with Gasteiger partial charge in [0.1, 0.15) is 0 Å². The molecule has 0 aliphatic carbocycles. The molecule has 0 spiro atoms. The van der Waals surface area contributed by atoms with Crippen molar-refractivity contribution in [3.63, 3.8) is 0 Å². The molecule has 136 valence electrons. The zero-order chi connectivity index (χ0) is 17.5. The summed E-state index contributed by atoms with van der Waals surface area (Å²) in [6.07, 6.45) is 8.58. The molecular weight excluding hydrogens is 314 g/mol. The highest BCUT2D eigenvalue weighted by Crippen LogP contribution is 2.18. The maximum atomic E-state index is 5.53. The fourth-order valence-corrected chi connectivity index (χ4v) is 3.35. The molecule has 1 fully saturated rings. The number of nitrogens with zero attached hydrogens (tertiary/aromatic N) is 4. The van der Waals surface area contributed by atoms with Crippen molar-refractivity contribution in [2.24, 2.45) is 4.99 Å². The van der Waals surface area contributed by atoms with Gasteiger partial charge in [0.15, 0.2) is 5.96 Å². The Morgan fingerprint density at radius 3 is 2.88 bits per heavy atom. The molecule has 3 heterocycles. The van der Waals surface area contributed by atoms with Gasteiger partial charge in [-0.15, -0.1) is 0 Å². The molecule has 0 radical (unpaired) electrons. The van der Waals surface area contributed by atoms with Crippen molar-refractivity contribution in [2.45, 2.75) is 32.4 Å². The van der Waals surface area contributed by atoms with Gasteiger partial charge < -0.3 is 15.0 Å². The minimum absolute atomic E-state index is 0.630. The molecule has 0 amide bonds. The van der Waals surface area contributed by atoms with Crippen molar-refractivity contribution in [1.82, 2.24) is 20.1 Å². The molecule has 1 unspecified atom stereocenters. The van der Waals surface area contributed by atoms with Gasteiger partial charge in [-0.2, -0.15) is 0 Å². The van der Waals surface area contributed by atoms with Crippen LogP contribution in [0.15, 0.2) is 35.5 Å². The summed E-state index contributed by atoms with van der Waals surface area (Å²) in [7, 11) is 1.85. The zero-order valence-corrected chi connectivity index (χ0v) is 15.3. The molecule has 25 heavy (non-hydrogen) atoms. The van der Waals surface area contributed by atoms with E-state index in [0.29, 0.717) is 18.5 Å². The van der Waals surface area contributed by atoms with Crippen LogP contribution >= 0.6 is 0 Å². The first-order chi connectivity index (χ1) is 12.3. The highest BCUT2D eigenvalue weighted by molar-refractivity contribution is 5.80. The van der Waals surface area contributed by atoms with E-state index in [0.717, 1.165) is 50.7 Å². The Morgan fingerprint density at radius 2 is 2.20 bits per heavy atom. The molecule has 0 aromatic carbocycles. The van der Waals surface area contributed by atoms with Crippen molar-refractivity contribution in [3.8, 4) is 5.88 Å². The molecule has 1 aromatic rings. The minimum atomic E-state index is 0.630. The van der Waals surface area contributed by atoms with Crippen molar-refractivity contribution < 1.29 is 4.74 Å². The zero-order valence-electron chi connectivity index (χ0n) is 15.3. The summed E-state index contributed by atoms with van der Waals surface area (Å²) in [5.74, 6) is 1.66. The van der Waals surface area contributed by atoms with Gasteiger partial charge in [-0.25, -0.2) is 4.98 Å². The molecule has 1 N–H and O–H groups in total. The maximum absolute atomic E-state index is 5.53. The first-order valence-electron chi connectivity index (χ1n) is 9.22. The number of hydrogen-bond acceptors (Lipinski definition) is 4. The number of ether oxygens (including phenoxy) is 1. The third-order valence-corrected chi connectivity index (χ3v) is 4.74. The Morgan fingerprint density at radius 1 is 1.36 bits per heavy atom. The lowest BCUT2D eigenvalue weighted by atomic mass is 10.2. The highest BCUT2D eigenvalue weighted by Gasteiger charge is 2.29. The summed E-state index contributed by atoms with van der Waals surface area (Å²) in [5.41, 5.74) is 1.13. The highest BCUT2D eigenvalue weighted by atomic mass is 16.5. The van der Waals surface area contributed by atoms with Crippen molar-refractivity contribution in [1.29, 1.82) is 0 Å². The minimum Gasteiger partial charge on any atom is -0.478 e. The number of likely N-dealkylation sites (tertiary alicyclic amines) is 1. The number of pyridine rings is 1. The summed E-state index contributed by atoms with van der Waals surface area (Å²) in [6.45, 7) is 7.80. The average molecular weight is 343 g/mol. The third-order valence-electron chi connectivity index (χ3n) is 4.74. The lowest BCUT2D eigenvalue weighted by Gasteiger charge is -2.25. The predicted molar refractivity (Wildman–Crippen MR) is 101 cm³/mol. The predicted octanol–water partition coefficient (Wildman–Crippen LogP) is 1.89. The van der Waals surface area contributed by atoms with Crippen LogP contribution in [-0.2, 0) is 6.54 Å². The third kappa shape index (κ3) is 4.72. The van der Waals surface area contributed by atoms with Crippen LogP contribution in [-0.4, -0.2) is 66.6 Å². The summed E-state index contributed by atoms with van der Waals surface area (Å²) in [6, 6.07) is 4.62. The van der Waals surface area contributed by atoms with Gasteiger partial charge in [0, 0.05) is 58.1 Å². The standard InChI is InChI=1S/C19H29N5O/c1-3-12-25-18-7-6-16(13-21-18)14-22-19(20-2)24-11-8-17(15-24)23-9-4-5-10-23/h4-7,13,17H,3,8-12,14-15H2,1-2H3,(H,20,22). The summed E-state index contributed by atoms with van der Waals surface area (Å²) < 4.78 is 5.53. The number of guanidine groups is 1. The van der Waals surface area contributed by atoms with E-state index >= 15 is 0 Å². The SMILES string of the molecule is CCCOc1ccc(CNC(=NC)N2CCC(N3CC=CC3)C2)cn1. The number of aliphatic imine (C=N–C) groups is 1. The van der Waals surface area contributed by atoms with Gasteiger partial charge in [-0.1, -0.05) is 25.1 Å². The molecule has 3 rings (SSSR count). The molecule has 6 nitrogen and oxygen atoms in total. The largest absolute Gasteiger partial charge is 0.478 e. The van der Waals surface area contributed by atoms with E-state index in [1.54, 1.807) is 0 Å². The van der Waals surface area contributed by atoms with Crippen LogP contribution in [0.25, 0.3) is 0 Å². The van der Waals surface area contributed by atoms with E-state index in [4.69, 9.17) is 4.74 Å². The molecule has 0 bridgehead atoms. The van der Waals surface area contributed by atoms with Gasteiger partial charge in [0.2, 0.25) is 5.88 Å². The lowest BCUT2D eigenvalue weighted by Crippen LogP contribution is -2.42. The van der Waals surface area contributed by atoms with Crippen LogP contribution in [0, 0.1) is 0 Å². The van der Waals surface area contributed by atoms with Crippen LogP contribution in [0.4, 0.5) is 0 Å². The first kappa shape index (κ1) is 17.7. The monoisotopic (exact) mass is 343 g/mol. The van der Waals surface area contributed by atoms with Crippen molar-refractivity contribution >= 4 is 5.96 Å². The number of nitrogens with one attached hydrogen (secondary N) is 1. The van der Waals surface area contributed by atoms with Gasteiger partial charge >= 0.3 is 0 Å². The number of rotatable bonds is 6. The van der Waals surface area contributed by atoms with Crippen LogP contribution < -0.4 is 10.1 Å². The smallest absolute Gasteiger partial charge is 0.213 e. The second-order valence-corrected chi connectivity index (χ2v) is 6.57. The second kappa shape index (κ2) is 8.85. The fourth-order valence-electron chi connectivity index (χ4n) is 3.35. The summed E-state index contributed by atoms with van der Waals surface area (Å²) in [4.78, 5) is 13.7. The van der Waals surface area contributed by atoms with Crippen molar-refractivity contribution in [2.75, 3.05) is 39.8 Å². The maximum Gasteiger partial charge on any atom is 0.213 e. The van der Waals surface area contributed by atoms with E-state index in [9.17, 15) is 0 Å². The number of hydrogen-bond donors (Lipinski definition) is 1. The Balaban J connectivity index is 1.48. The Labute approximate surface area is 150 Å². The Bertz CT molecular complexity index is 590. The fraction of sp³-hybridized carbons (Fsp3) is 0.579. The van der Waals surface area contributed by atoms with E-state index in [2.05, 4.69) is 50.2 Å². The lowest BCUT2D eigenvalue weighted by molar-refractivity contribution is 0.259. The van der Waals surface area contributed by atoms with Crippen molar-refractivity contribution in [3.05, 3.63) is 36.0 Å². The molecular formula is C19H29N5O. The van der Waals surface area contributed by atoms with E-state index in [-0.39, 0.29) is 0 Å². The van der Waals surface area contributed by atoms with Crippen LogP contribution in [0.2, 0.25) is 0 Å². The quantitative estimate of drug-likeness (QED) is 0.486. The first-order valence-corrected chi connectivity index (χ1v) is 9.22. The van der Waals surface area contributed by atoms with Gasteiger partial charge in [-0.3, -0.25) is 9.89 Å². The van der Waals surface area contributed by atoms with Crippen LogP contribution in [0.5, 0.6) is 5.88 Å². The van der Waals surface area contributed by atoms with Gasteiger partial charge in [0.25, 0.3) is 0 Å². The molecule has 1 aromatic heterocycles. The normalized spacial score (nSPS) is 21.1. The molecule has 6 heteroatoms. The molecule has 0 saturated carbocycles. The summed E-state index contributed by atoms with van der Waals surface area (Å²) in [5, 5.41) is 3.46. The average Bonchev–Trinajstić information content (AvgIpc) is 3.33. The molecule has 1 atom stereocenters. The topological polar surface area (TPSA) is 53.0 Å². The molecule has 1 saturated heterocycles. The second-order valence-electron chi connectivity index (χ2n) is 6.57. The number of aromatic nitrogens is 1. The molecule has 2 aliphatic rings. The Hall–Kier alpha value is -2.08. The van der Waals surface area contributed by atoms with Crippen LogP contribution in [0.3, 0.4) is 0 Å².